The molecule has 3 heterocycles. The van der Waals surface area contributed by atoms with E-state index in [0.717, 1.165) is 22.3 Å². The molecular weight excluding hydrogens is 486 g/mol. The number of carbonyl (C=O) groups is 3. The fourth-order valence-electron chi connectivity index (χ4n) is 5.01. The summed E-state index contributed by atoms with van der Waals surface area (Å²) in [5.41, 5.74) is 3.01. The number of aryl methyl sites for hydroxylation is 1. The minimum absolute atomic E-state index is 0.0635. The molecule has 3 aromatic rings. The maximum absolute atomic E-state index is 13.2. The van der Waals surface area contributed by atoms with Gasteiger partial charge in [-0.2, -0.15) is 4.80 Å². The molecule has 1 fully saturated rings. The van der Waals surface area contributed by atoms with Crippen LogP contribution in [-0.2, 0) is 26.9 Å². The molecule has 0 spiro atoms. The van der Waals surface area contributed by atoms with E-state index in [1.54, 1.807) is 38.6 Å². The smallest absolute Gasteiger partial charge is 0.322 e. The molecule has 2 N–H and O–H groups in total. The average molecular weight is 510 g/mol. The van der Waals surface area contributed by atoms with Crippen molar-refractivity contribution in [3.05, 3.63) is 89.4 Å². The monoisotopic (exact) mass is 509 g/mol. The van der Waals surface area contributed by atoms with Gasteiger partial charge >= 0.3 is 6.03 Å². The van der Waals surface area contributed by atoms with Crippen LogP contribution in [0.4, 0.5) is 4.79 Å². The molecule has 4 amide bonds. The first-order valence-electron chi connectivity index (χ1n) is 11.9. The summed E-state index contributed by atoms with van der Waals surface area (Å²) in [6.07, 6.45) is 5.85. The van der Waals surface area contributed by atoms with Gasteiger partial charge in [-0.25, -0.2) is 4.79 Å². The van der Waals surface area contributed by atoms with Crippen molar-refractivity contribution in [3.63, 3.8) is 0 Å². The molecule has 11 heteroatoms. The van der Waals surface area contributed by atoms with Gasteiger partial charge in [0, 0.05) is 17.3 Å². The minimum Gasteiger partial charge on any atom is -0.497 e. The number of nitrogens with one attached hydrogen (secondary N) is 2. The SMILES string of the molecule is COC1=CCC2=CN(C[C@@]3(c4ccc(-c5ccccc5-c5nnn(C)n5)cc4)NC(=O)NC3=O)C(=O)C2=C1. The van der Waals surface area contributed by atoms with Crippen molar-refractivity contribution in [3.8, 4) is 22.5 Å². The number of rotatable bonds is 6. The highest BCUT2D eigenvalue weighted by molar-refractivity contribution is 6.09. The molecule has 0 bridgehead atoms. The Morgan fingerprint density at radius 2 is 1.82 bits per heavy atom. The molecule has 0 saturated carbocycles. The van der Waals surface area contributed by atoms with Crippen LogP contribution in [0.2, 0.25) is 0 Å². The number of methoxy groups -OCH3 is 1. The van der Waals surface area contributed by atoms with Crippen molar-refractivity contribution in [1.82, 2.24) is 35.7 Å². The zero-order valence-electron chi connectivity index (χ0n) is 20.6. The van der Waals surface area contributed by atoms with Crippen LogP contribution in [0.25, 0.3) is 22.5 Å². The predicted octanol–water partition coefficient (Wildman–Crippen LogP) is 2.17. The molecule has 2 aliphatic heterocycles. The number of imide groups is 1. The largest absolute Gasteiger partial charge is 0.497 e. The first-order valence-corrected chi connectivity index (χ1v) is 11.9. The number of urea groups is 1. The summed E-state index contributed by atoms with van der Waals surface area (Å²) in [7, 11) is 3.25. The van der Waals surface area contributed by atoms with Crippen LogP contribution < -0.4 is 10.6 Å². The second-order valence-electron chi connectivity index (χ2n) is 9.20. The van der Waals surface area contributed by atoms with Crippen LogP contribution in [0.5, 0.6) is 0 Å². The standard InChI is InChI=1S/C27H23N7O4/c1-33-31-23(30-32-33)21-6-4-3-5-20(21)16-7-10-18(11-8-16)27(25(36)28-26(37)29-27)15-34-14-17-9-12-19(38-2)13-22(17)24(34)35/h3-8,10-14H,9,15H2,1-2H3,(H2,28,29,36,37)/t27-/m0/s1. The number of carbonyl (C=O) groups excluding carboxylic acids is 3. The van der Waals surface area contributed by atoms with Crippen molar-refractivity contribution in [2.45, 2.75) is 12.0 Å². The Labute approximate surface area is 217 Å². The number of hydrogen-bond donors (Lipinski definition) is 2. The summed E-state index contributed by atoms with van der Waals surface area (Å²) in [5, 5.41) is 17.5. The van der Waals surface area contributed by atoms with Gasteiger partial charge in [-0.3, -0.25) is 14.9 Å². The lowest BCUT2D eigenvalue weighted by Crippen LogP contribution is -2.52. The van der Waals surface area contributed by atoms with E-state index in [0.29, 0.717) is 29.1 Å². The fraction of sp³-hybridized carbons (Fsp3) is 0.185. The Kier molecular flexibility index (Phi) is 5.41. The molecular formula is C27H23N7O4. The average Bonchev–Trinajstić information content (AvgIpc) is 3.59. The molecule has 0 radical (unpaired) electrons. The Morgan fingerprint density at radius 1 is 1.05 bits per heavy atom. The van der Waals surface area contributed by atoms with Crippen molar-refractivity contribution in [1.29, 1.82) is 0 Å². The van der Waals surface area contributed by atoms with Gasteiger partial charge in [0.15, 0.2) is 5.54 Å². The lowest BCUT2D eigenvalue weighted by atomic mass is 9.87. The number of amides is 4. The Bertz CT molecular complexity index is 1580. The first kappa shape index (κ1) is 23.3. The van der Waals surface area contributed by atoms with Crippen LogP contribution >= 0.6 is 0 Å². The molecule has 1 saturated heterocycles. The van der Waals surface area contributed by atoms with E-state index in [4.69, 9.17) is 4.74 Å². The predicted molar refractivity (Wildman–Crippen MR) is 136 cm³/mol. The van der Waals surface area contributed by atoms with Gasteiger partial charge in [-0.15, -0.1) is 10.2 Å². The normalized spacial score (nSPS) is 20.4. The second kappa shape index (κ2) is 8.80. The van der Waals surface area contributed by atoms with E-state index < -0.39 is 17.5 Å². The molecule has 190 valence electrons. The van der Waals surface area contributed by atoms with Gasteiger partial charge in [-0.05, 0) is 46.0 Å². The summed E-state index contributed by atoms with van der Waals surface area (Å²) in [5.74, 6) is 0.332. The molecule has 6 rings (SSSR count). The highest BCUT2D eigenvalue weighted by atomic mass is 16.5. The van der Waals surface area contributed by atoms with Crippen molar-refractivity contribution in [2.24, 2.45) is 7.05 Å². The van der Waals surface area contributed by atoms with Crippen molar-refractivity contribution < 1.29 is 19.1 Å². The number of ether oxygens (including phenoxy) is 1. The fourth-order valence-corrected chi connectivity index (χ4v) is 5.01. The third-order valence-electron chi connectivity index (χ3n) is 6.91. The topological polar surface area (TPSA) is 131 Å². The Morgan fingerprint density at radius 3 is 2.47 bits per heavy atom. The molecule has 2 aromatic carbocycles. The van der Waals surface area contributed by atoms with Gasteiger partial charge in [0.2, 0.25) is 5.82 Å². The number of allylic oxidation sites excluding steroid dienone is 2. The van der Waals surface area contributed by atoms with E-state index in [1.165, 1.54) is 9.70 Å². The number of fused-ring (bicyclic) bond motifs is 1. The maximum Gasteiger partial charge on any atom is 0.322 e. The van der Waals surface area contributed by atoms with E-state index in [1.807, 2.05) is 42.5 Å². The number of benzene rings is 2. The lowest BCUT2D eigenvalue weighted by molar-refractivity contribution is -0.128. The van der Waals surface area contributed by atoms with Crippen LogP contribution in [0.3, 0.4) is 0 Å². The number of tetrazole rings is 1. The second-order valence-corrected chi connectivity index (χ2v) is 9.20. The lowest BCUT2D eigenvalue weighted by Gasteiger charge is -2.30. The molecule has 1 aliphatic carbocycles. The van der Waals surface area contributed by atoms with E-state index in [2.05, 4.69) is 26.0 Å². The highest BCUT2D eigenvalue weighted by Gasteiger charge is 2.50. The summed E-state index contributed by atoms with van der Waals surface area (Å²) in [6, 6.07) is 14.4. The van der Waals surface area contributed by atoms with Gasteiger partial charge in [-0.1, -0.05) is 48.5 Å². The zero-order chi connectivity index (χ0) is 26.4. The van der Waals surface area contributed by atoms with Gasteiger partial charge < -0.3 is 15.0 Å². The van der Waals surface area contributed by atoms with E-state index >= 15 is 0 Å². The van der Waals surface area contributed by atoms with Gasteiger partial charge in [0.25, 0.3) is 11.8 Å². The van der Waals surface area contributed by atoms with E-state index in [9.17, 15) is 14.4 Å². The Balaban J connectivity index is 1.34. The molecule has 1 atom stereocenters. The third-order valence-corrected chi connectivity index (χ3v) is 6.91. The maximum atomic E-state index is 13.2. The highest BCUT2D eigenvalue weighted by Crippen LogP contribution is 2.36. The van der Waals surface area contributed by atoms with Crippen LogP contribution in [-0.4, -0.2) is 56.6 Å². The van der Waals surface area contributed by atoms with Gasteiger partial charge in [0.1, 0.15) is 5.76 Å². The quantitative estimate of drug-likeness (QED) is 0.487. The molecule has 0 unspecified atom stereocenters. The summed E-state index contributed by atoms with van der Waals surface area (Å²) < 4.78 is 5.28. The number of aromatic nitrogens is 4. The summed E-state index contributed by atoms with van der Waals surface area (Å²) in [6.45, 7) is -0.0635. The van der Waals surface area contributed by atoms with E-state index in [-0.39, 0.29) is 12.5 Å². The summed E-state index contributed by atoms with van der Waals surface area (Å²) >= 11 is 0. The number of nitrogens with zero attached hydrogens (tertiary/aromatic N) is 5. The van der Waals surface area contributed by atoms with Crippen LogP contribution in [0.1, 0.15) is 12.0 Å². The molecule has 3 aliphatic rings. The third kappa shape index (κ3) is 3.76. The first-order chi connectivity index (χ1) is 18.4. The molecule has 1 aromatic heterocycles. The van der Waals surface area contributed by atoms with Crippen molar-refractivity contribution >= 4 is 17.8 Å². The van der Waals surface area contributed by atoms with Crippen molar-refractivity contribution in [2.75, 3.05) is 13.7 Å². The zero-order valence-corrected chi connectivity index (χ0v) is 20.6. The summed E-state index contributed by atoms with van der Waals surface area (Å²) in [4.78, 5) is 41.6. The van der Waals surface area contributed by atoms with Crippen LogP contribution in [0.15, 0.2) is 83.8 Å². The Hall–Kier alpha value is -5.06. The number of hydrogen-bond acceptors (Lipinski definition) is 7. The molecule has 11 nitrogen and oxygen atoms in total. The molecule has 38 heavy (non-hydrogen) atoms. The minimum atomic E-state index is -1.46. The van der Waals surface area contributed by atoms with Gasteiger partial charge in [0.05, 0.1) is 20.7 Å². The van der Waals surface area contributed by atoms with Crippen LogP contribution in [0, 0.1) is 0 Å².